The molecule has 0 saturated carbocycles. The molecule has 0 radical (unpaired) electrons. The highest BCUT2D eigenvalue weighted by atomic mass is 79.9. The maximum Gasteiger partial charge on any atom is 0.417 e. The lowest BCUT2D eigenvalue weighted by Crippen LogP contribution is -2.42. The standard InChI is InChI=1S/C32H36BrNO9/c1-22(36)42-30(29-20-26(33)28(43-29)13-8-15-39-17-18-40-16-14-35)25(19-23-9-4-2-5-10-23)31(37)34-27(21-41-32(34)38)24-11-6-3-7-12-24/h2-7,9-12,20,25,27,30,35H,8,13-19,21H2,1H3/t25-,27+,30-/m1/s1. The summed E-state index contributed by atoms with van der Waals surface area (Å²) in [5.41, 5.74) is 1.59. The summed E-state index contributed by atoms with van der Waals surface area (Å²) in [6, 6.07) is 19.6. The van der Waals surface area contributed by atoms with Gasteiger partial charge in [-0.15, -0.1) is 0 Å². The van der Waals surface area contributed by atoms with E-state index in [0.29, 0.717) is 42.9 Å². The van der Waals surface area contributed by atoms with Crippen molar-refractivity contribution in [2.24, 2.45) is 5.92 Å². The van der Waals surface area contributed by atoms with Gasteiger partial charge in [-0.25, -0.2) is 9.69 Å². The van der Waals surface area contributed by atoms with Crippen LogP contribution in [0.2, 0.25) is 0 Å². The van der Waals surface area contributed by atoms with Crippen molar-refractivity contribution in [3.05, 3.63) is 93.9 Å². The first kappa shape index (κ1) is 32.4. The van der Waals surface area contributed by atoms with Crippen LogP contribution in [0.25, 0.3) is 0 Å². The van der Waals surface area contributed by atoms with Gasteiger partial charge in [0.1, 0.15) is 24.2 Å². The smallest absolute Gasteiger partial charge is 0.417 e. The fraction of sp³-hybridized carbons (Fsp3) is 0.406. The Labute approximate surface area is 259 Å². The average molecular weight is 659 g/mol. The second kappa shape index (κ2) is 16.4. The lowest BCUT2D eigenvalue weighted by Gasteiger charge is -2.29. The van der Waals surface area contributed by atoms with E-state index in [1.807, 2.05) is 60.7 Å². The number of benzene rings is 2. The molecule has 1 N–H and O–H groups in total. The minimum Gasteiger partial charge on any atom is -0.461 e. The van der Waals surface area contributed by atoms with Gasteiger partial charge in [0, 0.05) is 20.0 Å². The number of ether oxygens (including phenoxy) is 4. The van der Waals surface area contributed by atoms with Gasteiger partial charge < -0.3 is 28.5 Å². The number of imide groups is 1. The number of aliphatic hydroxyl groups excluding tert-OH is 1. The van der Waals surface area contributed by atoms with E-state index < -0.39 is 36.0 Å². The molecular formula is C32H36BrNO9. The molecular weight excluding hydrogens is 622 g/mol. The Balaban J connectivity index is 1.58. The van der Waals surface area contributed by atoms with E-state index in [9.17, 15) is 14.4 Å². The number of carbonyl (C=O) groups is 3. The van der Waals surface area contributed by atoms with Gasteiger partial charge >= 0.3 is 12.1 Å². The first-order valence-corrected chi connectivity index (χ1v) is 15.0. The summed E-state index contributed by atoms with van der Waals surface area (Å²) in [5.74, 6) is -1.21. The molecule has 1 saturated heterocycles. The fourth-order valence-corrected chi connectivity index (χ4v) is 5.44. The number of furan rings is 1. The van der Waals surface area contributed by atoms with Gasteiger partial charge in [0.05, 0.1) is 36.8 Å². The molecule has 1 aliphatic heterocycles. The van der Waals surface area contributed by atoms with Crippen LogP contribution in [0.5, 0.6) is 0 Å². The van der Waals surface area contributed by atoms with E-state index in [1.165, 1.54) is 6.92 Å². The number of nitrogens with zero attached hydrogens (tertiary/aromatic N) is 1. The van der Waals surface area contributed by atoms with E-state index in [2.05, 4.69) is 15.9 Å². The number of esters is 1. The minimum absolute atomic E-state index is 0.0248. The van der Waals surface area contributed by atoms with Crippen molar-refractivity contribution in [3.63, 3.8) is 0 Å². The van der Waals surface area contributed by atoms with Gasteiger partial charge in [-0.2, -0.15) is 0 Å². The fourth-order valence-electron chi connectivity index (χ4n) is 4.93. The summed E-state index contributed by atoms with van der Waals surface area (Å²) in [6.07, 6.45) is -0.505. The number of halogens is 1. The second-order valence-corrected chi connectivity index (χ2v) is 10.9. The quantitative estimate of drug-likeness (QED) is 0.164. The molecule has 1 aromatic heterocycles. The Kier molecular flexibility index (Phi) is 12.3. The van der Waals surface area contributed by atoms with Gasteiger partial charge in [-0.3, -0.25) is 9.59 Å². The molecule has 2 amide bonds. The third kappa shape index (κ3) is 8.99. The van der Waals surface area contributed by atoms with Crippen molar-refractivity contribution in [3.8, 4) is 0 Å². The SMILES string of the molecule is CC(=O)O[C@@H](c1cc(Br)c(CCCOCCOCCO)o1)[C@@H](Cc1ccccc1)C(=O)N1C(=O)OC[C@H]1c1ccccc1. The molecule has 4 rings (SSSR count). The monoisotopic (exact) mass is 657 g/mol. The zero-order valence-electron chi connectivity index (χ0n) is 24.0. The number of amides is 2. The first-order chi connectivity index (χ1) is 20.9. The molecule has 3 aromatic rings. The third-order valence-electron chi connectivity index (χ3n) is 6.93. The van der Waals surface area contributed by atoms with Crippen LogP contribution in [-0.4, -0.2) is 67.6 Å². The molecule has 0 unspecified atom stereocenters. The third-order valence-corrected chi connectivity index (χ3v) is 7.60. The van der Waals surface area contributed by atoms with Crippen LogP contribution in [0.3, 0.4) is 0 Å². The highest BCUT2D eigenvalue weighted by molar-refractivity contribution is 9.10. The van der Waals surface area contributed by atoms with Crippen molar-refractivity contribution in [2.45, 2.75) is 38.3 Å². The first-order valence-electron chi connectivity index (χ1n) is 14.2. The summed E-state index contributed by atoms with van der Waals surface area (Å²) < 4.78 is 28.7. The van der Waals surface area contributed by atoms with Crippen LogP contribution in [0.15, 0.2) is 75.6 Å². The molecule has 230 valence electrons. The lowest BCUT2D eigenvalue weighted by atomic mass is 9.90. The van der Waals surface area contributed by atoms with Gasteiger partial charge in [-0.05, 0) is 46.0 Å². The number of hydrogen-bond donors (Lipinski definition) is 1. The molecule has 0 spiro atoms. The Morgan fingerprint density at radius 2 is 1.70 bits per heavy atom. The summed E-state index contributed by atoms with van der Waals surface area (Å²) in [5, 5.41) is 8.76. The largest absolute Gasteiger partial charge is 0.461 e. The molecule has 0 aliphatic carbocycles. The highest BCUT2D eigenvalue weighted by Crippen LogP contribution is 2.38. The maximum atomic E-state index is 14.3. The number of aryl methyl sites for hydroxylation is 1. The zero-order chi connectivity index (χ0) is 30.6. The molecule has 0 bridgehead atoms. The van der Waals surface area contributed by atoms with Crippen molar-refractivity contribution in [2.75, 3.05) is 39.6 Å². The maximum absolute atomic E-state index is 14.3. The molecule has 11 heteroatoms. The van der Waals surface area contributed by atoms with E-state index in [0.717, 1.165) is 16.0 Å². The van der Waals surface area contributed by atoms with E-state index in [1.54, 1.807) is 6.07 Å². The zero-order valence-corrected chi connectivity index (χ0v) is 25.6. The highest BCUT2D eigenvalue weighted by Gasteiger charge is 2.46. The molecule has 2 aromatic carbocycles. The summed E-state index contributed by atoms with van der Waals surface area (Å²) in [7, 11) is 0. The molecule has 10 nitrogen and oxygen atoms in total. The van der Waals surface area contributed by atoms with Gasteiger partial charge in [-0.1, -0.05) is 60.7 Å². The molecule has 1 fully saturated rings. The Hall–Kier alpha value is -3.51. The number of carbonyl (C=O) groups excluding carboxylic acids is 3. The van der Waals surface area contributed by atoms with E-state index in [-0.39, 0.29) is 32.0 Å². The topological polar surface area (TPSA) is 125 Å². The summed E-state index contributed by atoms with van der Waals surface area (Å²) in [4.78, 5) is 40.8. The van der Waals surface area contributed by atoms with Crippen LogP contribution in [-0.2, 0) is 41.4 Å². The Morgan fingerprint density at radius 1 is 1.02 bits per heavy atom. The van der Waals surface area contributed by atoms with Crippen molar-refractivity contribution in [1.82, 2.24) is 4.90 Å². The van der Waals surface area contributed by atoms with E-state index in [4.69, 9.17) is 28.5 Å². The summed E-state index contributed by atoms with van der Waals surface area (Å²) >= 11 is 3.54. The molecule has 1 aliphatic rings. The van der Waals surface area contributed by atoms with Gasteiger partial charge in [0.15, 0.2) is 6.10 Å². The van der Waals surface area contributed by atoms with Gasteiger partial charge in [0.2, 0.25) is 5.91 Å². The summed E-state index contributed by atoms with van der Waals surface area (Å²) in [6.45, 7) is 2.80. The normalized spacial score (nSPS) is 16.1. The lowest BCUT2D eigenvalue weighted by molar-refractivity contribution is -0.155. The van der Waals surface area contributed by atoms with Crippen LogP contribution in [0, 0.1) is 5.92 Å². The number of cyclic esters (lactones) is 1. The van der Waals surface area contributed by atoms with E-state index >= 15 is 0 Å². The average Bonchev–Trinajstić information content (AvgIpc) is 3.58. The molecule has 43 heavy (non-hydrogen) atoms. The molecule has 3 atom stereocenters. The predicted molar refractivity (Wildman–Crippen MR) is 159 cm³/mol. The Morgan fingerprint density at radius 3 is 2.37 bits per heavy atom. The second-order valence-electron chi connectivity index (χ2n) is 10.0. The number of aliphatic hydroxyl groups is 1. The predicted octanol–water partition coefficient (Wildman–Crippen LogP) is 5.18. The number of rotatable bonds is 16. The number of hydrogen-bond acceptors (Lipinski definition) is 9. The Bertz CT molecular complexity index is 1330. The van der Waals surface area contributed by atoms with Crippen molar-refractivity contribution < 1.29 is 42.9 Å². The molecule has 2 heterocycles. The van der Waals surface area contributed by atoms with Crippen LogP contribution in [0.4, 0.5) is 4.79 Å². The van der Waals surface area contributed by atoms with Crippen LogP contribution >= 0.6 is 15.9 Å². The van der Waals surface area contributed by atoms with Gasteiger partial charge in [0.25, 0.3) is 0 Å². The minimum atomic E-state index is -1.11. The van der Waals surface area contributed by atoms with Crippen LogP contribution in [0.1, 0.15) is 48.1 Å². The van der Waals surface area contributed by atoms with Crippen LogP contribution < -0.4 is 0 Å². The van der Waals surface area contributed by atoms with Crippen molar-refractivity contribution >= 4 is 33.9 Å². The van der Waals surface area contributed by atoms with Crippen molar-refractivity contribution in [1.29, 1.82) is 0 Å².